The van der Waals surface area contributed by atoms with E-state index in [2.05, 4.69) is 42.5 Å². The van der Waals surface area contributed by atoms with Gasteiger partial charge in [0, 0.05) is 5.92 Å². The Kier molecular flexibility index (Phi) is 8.80. The second-order valence-corrected chi connectivity index (χ2v) is 5.48. The molecule has 9 nitrogen and oxygen atoms in total. The van der Waals surface area contributed by atoms with E-state index in [0.717, 1.165) is 24.7 Å². The fraction of sp³-hybridized carbons (Fsp3) is 0.667. The molecule has 0 atom stereocenters. The topological polar surface area (TPSA) is 109 Å². The van der Waals surface area contributed by atoms with Crippen LogP contribution in [0.1, 0.15) is 37.0 Å². The molecule has 0 bridgehead atoms. The van der Waals surface area contributed by atoms with Crippen molar-refractivity contribution < 1.29 is 9.47 Å². The van der Waals surface area contributed by atoms with E-state index >= 15 is 0 Å². The second-order valence-electron chi connectivity index (χ2n) is 5.48. The zero-order valence-electron chi connectivity index (χ0n) is 15.1. The van der Waals surface area contributed by atoms with E-state index in [0.29, 0.717) is 17.6 Å². The summed E-state index contributed by atoms with van der Waals surface area (Å²) < 4.78 is 10.3. The van der Waals surface area contributed by atoms with Crippen molar-refractivity contribution in [3.8, 4) is 0 Å². The number of nitrogens with zero attached hydrogens (tertiary/aromatic N) is 7. The first-order chi connectivity index (χ1) is 11.4. The second kappa shape index (κ2) is 10.6. The summed E-state index contributed by atoms with van der Waals surface area (Å²) in [5, 5.41) is 22.1. The first-order valence-electron chi connectivity index (χ1n) is 7.73. The summed E-state index contributed by atoms with van der Waals surface area (Å²) in [5.41, 5.74) is 0.857. The lowest BCUT2D eigenvalue weighted by atomic mass is 10.2. The fourth-order valence-electron chi connectivity index (χ4n) is 1.41. The van der Waals surface area contributed by atoms with Gasteiger partial charge in [-0.25, -0.2) is 4.98 Å². The number of hydrogen-bond donors (Lipinski definition) is 0. The molecule has 1 saturated heterocycles. The Bertz CT molecular complexity index is 474. The molecule has 0 amide bonds. The van der Waals surface area contributed by atoms with Crippen molar-refractivity contribution in [3.63, 3.8) is 0 Å². The van der Waals surface area contributed by atoms with Crippen LogP contribution in [-0.4, -0.2) is 55.1 Å². The summed E-state index contributed by atoms with van der Waals surface area (Å²) in [7, 11) is 0. The SMILES string of the molecule is CC1COC(C)OC1.Cc1cnc(C)nn1.Cc1nnc(C)nn1. The van der Waals surface area contributed by atoms with E-state index in [-0.39, 0.29) is 6.29 Å². The number of aryl methyl sites for hydroxylation is 4. The van der Waals surface area contributed by atoms with Crippen LogP contribution in [0.5, 0.6) is 0 Å². The van der Waals surface area contributed by atoms with Crippen LogP contribution in [0, 0.1) is 33.6 Å². The molecule has 1 aliphatic rings. The van der Waals surface area contributed by atoms with Gasteiger partial charge in [-0.05, 0) is 34.6 Å². The normalized spacial score (nSPS) is 19.4. The number of ether oxygens (including phenoxy) is 2. The minimum atomic E-state index is 0.0196. The summed E-state index contributed by atoms with van der Waals surface area (Å²) >= 11 is 0. The molecular formula is C15H25N7O2. The van der Waals surface area contributed by atoms with E-state index < -0.39 is 0 Å². The molecule has 0 N–H and O–H groups in total. The van der Waals surface area contributed by atoms with E-state index in [9.17, 15) is 0 Å². The molecule has 24 heavy (non-hydrogen) atoms. The summed E-state index contributed by atoms with van der Waals surface area (Å²) in [5.74, 6) is 2.51. The maximum absolute atomic E-state index is 5.17. The monoisotopic (exact) mass is 335 g/mol. The zero-order valence-corrected chi connectivity index (χ0v) is 15.1. The lowest BCUT2D eigenvalue weighted by Crippen LogP contribution is -2.27. The van der Waals surface area contributed by atoms with Crippen LogP contribution in [-0.2, 0) is 9.47 Å². The molecule has 2 aromatic rings. The summed E-state index contributed by atoms with van der Waals surface area (Å²) in [6.07, 6.45) is 1.72. The minimum Gasteiger partial charge on any atom is -0.353 e. The highest BCUT2D eigenvalue weighted by Crippen LogP contribution is 2.08. The van der Waals surface area contributed by atoms with E-state index in [4.69, 9.17) is 9.47 Å². The zero-order chi connectivity index (χ0) is 17.9. The molecule has 0 saturated carbocycles. The van der Waals surface area contributed by atoms with Crippen molar-refractivity contribution in [1.82, 2.24) is 35.6 Å². The van der Waals surface area contributed by atoms with Gasteiger partial charge in [-0.1, -0.05) is 6.92 Å². The Morgan fingerprint density at radius 2 is 1.21 bits per heavy atom. The standard InChI is InChI=1S/C6H12O2.C5H7N3.C4H6N4/c1-5-3-7-6(2)8-4-5;1-4-3-6-5(2)8-7-4;1-3-5-7-4(2)8-6-3/h5-6H,3-4H2,1-2H3;3H,1-2H3;1-2H3. The molecular weight excluding hydrogens is 310 g/mol. The molecule has 0 radical (unpaired) electrons. The van der Waals surface area contributed by atoms with Gasteiger partial charge in [0.2, 0.25) is 0 Å². The van der Waals surface area contributed by atoms with Crippen molar-refractivity contribution in [2.75, 3.05) is 13.2 Å². The van der Waals surface area contributed by atoms with Gasteiger partial charge in [-0.15, -0.1) is 25.5 Å². The Morgan fingerprint density at radius 1 is 0.750 bits per heavy atom. The van der Waals surface area contributed by atoms with Crippen molar-refractivity contribution in [2.45, 2.75) is 47.8 Å². The third kappa shape index (κ3) is 9.11. The van der Waals surface area contributed by atoms with Gasteiger partial charge in [0.15, 0.2) is 17.9 Å². The minimum absolute atomic E-state index is 0.0196. The highest BCUT2D eigenvalue weighted by molar-refractivity contribution is 4.88. The van der Waals surface area contributed by atoms with Crippen LogP contribution in [0.15, 0.2) is 6.20 Å². The average Bonchev–Trinajstić information content (AvgIpc) is 2.57. The lowest BCUT2D eigenvalue weighted by Gasteiger charge is -2.24. The molecule has 3 rings (SSSR count). The van der Waals surface area contributed by atoms with Gasteiger partial charge >= 0.3 is 0 Å². The van der Waals surface area contributed by atoms with Crippen LogP contribution >= 0.6 is 0 Å². The quantitative estimate of drug-likeness (QED) is 0.705. The smallest absolute Gasteiger partial charge is 0.170 e. The molecule has 0 aliphatic carbocycles. The third-order valence-corrected chi connectivity index (χ3v) is 2.70. The van der Waals surface area contributed by atoms with Gasteiger partial charge in [0.25, 0.3) is 0 Å². The molecule has 1 fully saturated rings. The number of rotatable bonds is 0. The van der Waals surface area contributed by atoms with Crippen LogP contribution in [0.3, 0.4) is 0 Å². The Labute approximate surface area is 142 Å². The molecule has 9 heteroatoms. The summed E-state index contributed by atoms with van der Waals surface area (Å²) in [6.45, 7) is 12.9. The molecule has 2 aromatic heterocycles. The maximum atomic E-state index is 5.17. The Morgan fingerprint density at radius 3 is 1.54 bits per heavy atom. The van der Waals surface area contributed by atoms with Gasteiger partial charge in [-0.3, -0.25) is 0 Å². The first-order valence-corrected chi connectivity index (χ1v) is 7.73. The highest BCUT2D eigenvalue weighted by Gasteiger charge is 2.13. The van der Waals surface area contributed by atoms with Gasteiger partial charge in [-0.2, -0.15) is 5.10 Å². The lowest BCUT2D eigenvalue weighted by molar-refractivity contribution is -0.187. The highest BCUT2D eigenvalue weighted by atomic mass is 16.7. The third-order valence-electron chi connectivity index (χ3n) is 2.70. The number of aromatic nitrogens is 7. The van der Waals surface area contributed by atoms with Crippen LogP contribution in [0.25, 0.3) is 0 Å². The van der Waals surface area contributed by atoms with Gasteiger partial charge in [0.05, 0.1) is 25.1 Å². The molecule has 3 heterocycles. The Hall–Kier alpha value is -2.13. The van der Waals surface area contributed by atoms with E-state index in [1.807, 2.05) is 20.8 Å². The predicted molar refractivity (Wildman–Crippen MR) is 86.9 cm³/mol. The van der Waals surface area contributed by atoms with Crippen molar-refractivity contribution in [2.24, 2.45) is 5.92 Å². The van der Waals surface area contributed by atoms with Crippen molar-refractivity contribution in [3.05, 3.63) is 29.4 Å². The largest absolute Gasteiger partial charge is 0.353 e. The number of hydrogen-bond acceptors (Lipinski definition) is 9. The maximum Gasteiger partial charge on any atom is 0.170 e. The van der Waals surface area contributed by atoms with Crippen molar-refractivity contribution in [1.29, 1.82) is 0 Å². The molecule has 132 valence electrons. The average molecular weight is 335 g/mol. The van der Waals surface area contributed by atoms with E-state index in [1.54, 1.807) is 20.0 Å². The Balaban J connectivity index is 0.000000180. The predicted octanol–water partition coefficient (Wildman–Crippen LogP) is 1.39. The van der Waals surface area contributed by atoms with Crippen LogP contribution in [0.2, 0.25) is 0 Å². The molecule has 0 aromatic carbocycles. The summed E-state index contributed by atoms with van der Waals surface area (Å²) in [4.78, 5) is 3.91. The first kappa shape index (κ1) is 19.9. The fourth-order valence-corrected chi connectivity index (χ4v) is 1.41. The molecule has 0 unspecified atom stereocenters. The van der Waals surface area contributed by atoms with Gasteiger partial charge in [0.1, 0.15) is 5.82 Å². The van der Waals surface area contributed by atoms with Crippen LogP contribution in [0.4, 0.5) is 0 Å². The molecule has 1 aliphatic heterocycles. The van der Waals surface area contributed by atoms with Crippen LogP contribution < -0.4 is 0 Å². The van der Waals surface area contributed by atoms with Gasteiger partial charge < -0.3 is 9.47 Å². The van der Waals surface area contributed by atoms with Crippen molar-refractivity contribution >= 4 is 0 Å². The summed E-state index contributed by atoms with van der Waals surface area (Å²) in [6, 6.07) is 0. The van der Waals surface area contributed by atoms with E-state index in [1.165, 1.54) is 0 Å². The molecule has 0 spiro atoms.